The largest absolute Gasteiger partial charge is 0.338 e. The van der Waals surface area contributed by atoms with E-state index in [4.69, 9.17) is 11.6 Å². The van der Waals surface area contributed by atoms with E-state index in [-0.39, 0.29) is 30.2 Å². The van der Waals surface area contributed by atoms with Gasteiger partial charge < -0.3 is 20.4 Å². The Labute approximate surface area is 159 Å². The van der Waals surface area contributed by atoms with E-state index in [1.54, 1.807) is 4.90 Å². The summed E-state index contributed by atoms with van der Waals surface area (Å²) in [4.78, 5) is 28.3. The van der Waals surface area contributed by atoms with Crippen molar-refractivity contribution in [1.82, 2.24) is 20.4 Å². The van der Waals surface area contributed by atoms with E-state index >= 15 is 0 Å². The average Bonchev–Trinajstić information content (AvgIpc) is 2.92. The molecule has 2 fully saturated rings. The van der Waals surface area contributed by atoms with Crippen LogP contribution in [0.4, 0.5) is 9.59 Å². The molecule has 0 bridgehead atoms. The van der Waals surface area contributed by atoms with Crippen molar-refractivity contribution >= 4 is 23.7 Å². The van der Waals surface area contributed by atoms with E-state index in [0.717, 1.165) is 29.0 Å². The number of nitrogens with zero attached hydrogens (tertiary/aromatic N) is 2. The molecule has 4 amide bonds. The van der Waals surface area contributed by atoms with Gasteiger partial charge in [0.15, 0.2) is 0 Å². The van der Waals surface area contributed by atoms with Crippen LogP contribution in [0.25, 0.3) is 0 Å². The van der Waals surface area contributed by atoms with Crippen LogP contribution in [0.2, 0.25) is 5.02 Å². The third-order valence-corrected chi connectivity index (χ3v) is 5.66. The summed E-state index contributed by atoms with van der Waals surface area (Å²) in [7, 11) is 0. The fourth-order valence-corrected chi connectivity index (χ4v) is 4.01. The summed E-state index contributed by atoms with van der Waals surface area (Å²) in [6, 6.07) is 6.22. The van der Waals surface area contributed by atoms with Gasteiger partial charge in [-0.1, -0.05) is 23.7 Å². The van der Waals surface area contributed by atoms with Gasteiger partial charge in [-0.3, -0.25) is 0 Å². The van der Waals surface area contributed by atoms with Crippen LogP contribution in [-0.4, -0.2) is 59.6 Å². The lowest BCUT2D eigenvalue weighted by Gasteiger charge is -2.37. The normalized spacial score (nSPS) is 22.4. The Balaban J connectivity index is 1.49. The minimum atomic E-state index is -0.0635. The van der Waals surface area contributed by atoms with Gasteiger partial charge in [0.25, 0.3) is 0 Å². The van der Waals surface area contributed by atoms with Gasteiger partial charge in [-0.25, -0.2) is 9.59 Å². The molecule has 0 aliphatic carbocycles. The molecule has 1 aromatic rings. The van der Waals surface area contributed by atoms with Gasteiger partial charge in [-0.15, -0.1) is 0 Å². The molecule has 142 valence electrons. The van der Waals surface area contributed by atoms with Gasteiger partial charge >= 0.3 is 12.1 Å². The van der Waals surface area contributed by atoms with E-state index < -0.39 is 0 Å². The smallest absolute Gasteiger partial charge is 0.318 e. The van der Waals surface area contributed by atoms with E-state index in [9.17, 15) is 9.59 Å². The lowest BCUT2D eigenvalue weighted by molar-refractivity contribution is 0.133. The molecule has 2 aliphatic heterocycles. The van der Waals surface area contributed by atoms with E-state index in [1.165, 1.54) is 0 Å². The Bertz CT molecular complexity index is 694. The summed E-state index contributed by atoms with van der Waals surface area (Å²) in [6.45, 7) is 7.84. The van der Waals surface area contributed by atoms with Crippen LogP contribution in [0.3, 0.4) is 0 Å². The van der Waals surface area contributed by atoms with Gasteiger partial charge in [-0.2, -0.15) is 0 Å². The molecule has 0 aromatic heterocycles. The Kier molecular flexibility index (Phi) is 5.61. The molecule has 7 heteroatoms. The predicted molar refractivity (Wildman–Crippen MR) is 103 cm³/mol. The highest BCUT2D eigenvalue weighted by atomic mass is 35.5. The van der Waals surface area contributed by atoms with Gasteiger partial charge in [0.2, 0.25) is 0 Å². The van der Waals surface area contributed by atoms with Crippen LogP contribution < -0.4 is 10.6 Å². The number of nitrogens with one attached hydrogen (secondary N) is 2. The molecule has 1 aromatic carbocycles. The molecule has 2 aliphatic rings. The van der Waals surface area contributed by atoms with Gasteiger partial charge in [0.05, 0.1) is 12.1 Å². The molecule has 2 heterocycles. The van der Waals surface area contributed by atoms with E-state index in [1.807, 2.05) is 37.8 Å². The highest BCUT2D eigenvalue weighted by molar-refractivity contribution is 6.31. The van der Waals surface area contributed by atoms with Crippen LogP contribution in [0.15, 0.2) is 18.2 Å². The van der Waals surface area contributed by atoms with Crippen molar-refractivity contribution in [2.75, 3.05) is 19.6 Å². The predicted octanol–water partition coefficient (Wildman–Crippen LogP) is 2.78. The zero-order valence-corrected chi connectivity index (χ0v) is 16.3. The van der Waals surface area contributed by atoms with Gasteiger partial charge in [0.1, 0.15) is 0 Å². The number of likely N-dealkylation sites (tertiary alicyclic amines) is 1. The van der Waals surface area contributed by atoms with Crippen molar-refractivity contribution in [3.8, 4) is 0 Å². The van der Waals surface area contributed by atoms with Gasteiger partial charge in [0, 0.05) is 30.7 Å². The maximum Gasteiger partial charge on any atom is 0.318 e. The zero-order valence-electron chi connectivity index (χ0n) is 15.6. The van der Waals surface area contributed by atoms with Crippen molar-refractivity contribution in [3.63, 3.8) is 0 Å². The molecule has 0 unspecified atom stereocenters. The fourth-order valence-electron chi connectivity index (χ4n) is 3.89. The maximum absolute atomic E-state index is 12.5. The monoisotopic (exact) mass is 378 g/mol. The summed E-state index contributed by atoms with van der Waals surface area (Å²) in [5, 5.41) is 6.77. The number of hydrogen-bond acceptors (Lipinski definition) is 2. The maximum atomic E-state index is 12.5. The van der Waals surface area contributed by atoms with E-state index in [0.29, 0.717) is 19.6 Å². The number of carbonyl (C=O) groups excluding carboxylic acids is 2. The second-order valence-corrected chi connectivity index (χ2v) is 7.83. The van der Waals surface area contributed by atoms with Crippen LogP contribution in [0, 0.1) is 6.92 Å². The number of hydrogen-bond donors (Lipinski definition) is 2. The molecule has 3 rings (SSSR count). The van der Waals surface area contributed by atoms with Crippen LogP contribution in [0.1, 0.15) is 31.4 Å². The lowest BCUT2D eigenvalue weighted by Crippen LogP contribution is -2.55. The molecule has 2 saturated heterocycles. The van der Waals surface area contributed by atoms with Crippen molar-refractivity contribution in [2.45, 2.75) is 51.7 Å². The van der Waals surface area contributed by atoms with Gasteiger partial charge in [-0.05, 0) is 50.8 Å². The number of rotatable bonds is 4. The highest BCUT2D eigenvalue weighted by Gasteiger charge is 2.44. The Morgan fingerprint density at radius 2 is 2.19 bits per heavy atom. The third kappa shape index (κ3) is 3.90. The van der Waals surface area contributed by atoms with E-state index in [2.05, 4.69) is 16.7 Å². The first-order chi connectivity index (χ1) is 12.4. The number of aryl methyl sites for hydroxylation is 1. The molecule has 0 spiro atoms. The van der Waals surface area contributed by atoms with Crippen molar-refractivity contribution in [2.24, 2.45) is 0 Å². The van der Waals surface area contributed by atoms with Crippen molar-refractivity contribution < 1.29 is 9.59 Å². The summed E-state index contributed by atoms with van der Waals surface area (Å²) < 4.78 is 0. The Morgan fingerprint density at radius 3 is 2.88 bits per heavy atom. The molecule has 2 atom stereocenters. The highest BCUT2D eigenvalue weighted by Crippen LogP contribution is 2.24. The van der Waals surface area contributed by atoms with Crippen LogP contribution in [-0.2, 0) is 6.42 Å². The summed E-state index contributed by atoms with van der Waals surface area (Å²) in [5.41, 5.74) is 2.20. The Morgan fingerprint density at radius 1 is 1.42 bits per heavy atom. The fraction of sp³-hybridized carbons (Fsp3) is 0.579. The number of amides is 4. The second-order valence-electron chi connectivity index (χ2n) is 7.42. The summed E-state index contributed by atoms with van der Waals surface area (Å²) in [5.74, 6) is 0. The first-order valence-electron chi connectivity index (χ1n) is 9.23. The minimum Gasteiger partial charge on any atom is -0.338 e. The topological polar surface area (TPSA) is 64.7 Å². The van der Waals surface area contributed by atoms with Crippen molar-refractivity contribution in [3.05, 3.63) is 34.3 Å². The number of halogens is 1. The third-order valence-electron chi connectivity index (χ3n) is 5.23. The molecule has 2 N–H and O–H groups in total. The molecule has 26 heavy (non-hydrogen) atoms. The standard InChI is InChI=1S/C19H27ClN4O2/c1-12(2)24-17-7-9-23(11-16(17)22-19(24)26)18(25)21-8-6-14-4-5-15(20)13(3)10-14/h4-5,10,12,16-17H,6-9,11H2,1-3H3,(H,21,25)(H,22,26)/t16-,17+/m1/s1. The first-order valence-corrected chi connectivity index (χ1v) is 9.61. The quantitative estimate of drug-likeness (QED) is 0.846. The molecule has 0 radical (unpaired) electrons. The minimum absolute atomic E-state index is 0.0170. The number of fused-ring (bicyclic) bond motifs is 1. The lowest BCUT2D eigenvalue weighted by atomic mass is 9.99. The second kappa shape index (κ2) is 7.74. The SMILES string of the molecule is Cc1cc(CCNC(=O)N2CC[C@H]3[C@@H](C2)NC(=O)N3C(C)C)ccc1Cl. The first kappa shape index (κ1) is 18.8. The molecule has 0 saturated carbocycles. The van der Waals surface area contributed by atoms with Crippen LogP contribution in [0.5, 0.6) is 0 Å². The van der Waals surface area contributed by atoms with Crippen LogP contribution >= 0.6 is 11.6 Å². The summed E-state index contributed by atoms with van der Waals surface area (Å²) >= 11 is 6.04. The molecular formula is C19H27ClN4O2. The molecule has 6 nitrogen and oxygen atoms in total. The average molecular weight is 379 g/mol. The number of piperidine rings is 1. The zero-order chi connectivity index (χ0) is 18.8. The Hall–Kier alpha value is -1.95. The number of urea groups is 2. The number of carbonyl (C=O) groups is 2. The summed E-state index contributed by atoms with van der Waals surface area (Å²) in [6.07, 6.45) is 1.58. The number of benzene rings is 1. The van der Waals surface area contributed by atoms with Crippen molar-refractivity contribution in [1.29, 1.82) is 0 Å². The molecular weight excluding hydrogens is 352 g/mol.